The molecule has 0 aliphatic carbocycles. The van der Waals surface area contributed by atoms with Crippen LogP contribution in [0.5, 0.6) is 0 Å². The monoisotopic (exact) mass is 258 g/mol. The molecule has 0 unspecified atom stereocenters. The molecule has 0 spiro atoms. The molecule has 0 fully saturated rings. The lowest BCUT2D eigenvalue weighted by Gasteiger charge is -2.34. The zero-order valence-corrected chi connectivity index (χ0v) is 12.1. The summed E-state index contributed by atoms with van der Waals surface area (Å²) in [6.45, 7) is 10.1. The van der Waals surface area contributed by atoms with Crippen molar-refractivity contribution in [3.8, 4) is 0 Å². The molecular formula is C13H26N2O3. The van der Waals surface area contributed by atoms with Crippen LogP contribution in [-0.4, -0.2) is 40.1 Å². The first-order chi connectivity index (χ1) is 8.25. The molecule has 5 nitrogen and oxygen atoms in total. The Bertz CT molecular complexity index is 286. The molecule has 0 radical (unpaired) electrons. The van der Waals surface area contributed by atoms with Crippen molar-refractivity contribution < 1.29 is 14.7 Å². The fourth-order valence-corrected chi connectivity index (χ4v) is 1.57. The van der Waals surface area contributed by atoms with Gasteiger partial charge in [0.2, 0.25) is 0 Å². The number of hydrogen-bond acceptors (Lipinski definition) is 2. The minimum Gasteiger partial charge on any atom is -0.481 e. The molecule has 0 aliphatic rings. The Morgan fingerprint density at radius 2 is 1.78 bits per heavy atom. The fraction of sp³-hybridized carbons (Fsp3) is 0.846. The molecule has 2 amide bonds. The summed E-state index contributed by atoms with van der Waals surface area (Å²) in [7, 11) is 0. The third-order valence-corrected chi connectivity index (χ3v) is 3.42. The van der Waals surface area contributed by atoms with Crippen LogP contribution in [0.25, 0.3) is 0 Å². The van der Waals surface area contributed by atoms with Crippen LogP contribution < -0.4 is 5.32 Å². The predicted octanol–water partition coefficient (Wildman–Crippen LogP) is 2.46. The molecule has 0 heterocycles. The standard InChI is InChI=1S/C13H26N2O3/c1-6-13(5,7-2)14-12(18)15(10(3)4)9-8-11(16)17/h10H,6-9H2,1-5H3,(H,14,18)(H,16,17). The minimum absolute atomic E-state index is 0.0117. The molecule has 0 saturated carbocycles. The second-order valence-corrected chi connectivity index (χ2v) is 5.13. The van der Waals surface area contributed by atoms with Crippen LogP contribution in [0.4, 0.5) is 4.79 Å². The van der Waals surface area contributed by atoms with E-state index in [1.54, 1.807) is 4.90 Å². The number of aliphatic carboxylic acids is 1. The lowest BCUT2D eigenvalue weighted by Crippen LogP contribution is -2.53. The van der Waals surface area contributed by atoms with E-state index in [0.29, 0.717) is 0 Å². The first-order valence-electron chi connectivity index (χ1n) is 6.56. The Labute approximate surface area is 110 Å². The number of rotatable bonds is 7. The largest absolute Gasteiger partial charge is 0.481 e. The maximum absolute atomic E-state index is 12.2. The molecule has 0 bridgehead atoms. The number of carboxylic acids is 1. The van der Waals surface area contributed by atoms with E-state index in [-0.39, 0.29) is 30.6 Å². The second-order valence-electron chi connectivity index (χ2n) is 5.13. The smallest absolute Gasteiger partial charge is 0.318 e. The third-order valence-electron chi connectivity index (χ3n) is 3.42. The number of nitrogens with one attached hydrogen (secondary N) is 1. The van der Waals surface area contributed by atoms with Crippen molar-refractivity contribution in [1.29, 1.82) is 0 Å². The lowest BCUT2D eigenvalue weighted by molar-refractivity contribution is -0.137. The van der Waals surface area contributed by atoms with Crippen LogP contribution in [0.3, 0.4) is 0 Å². The fourth-order valence-electron chi connectivity index (χ4n) is 1.57. The quantitative estimate of drug-likeness (QED) is 0.737. The number of nitrogens with zero attached hydrogens (tertiary/aromatic N) is 1. The van der Waals surface area contributed by atoms with Crippen LogP contribution in [0, 0.1) is 0 Å². The molecule has 0 aromatic heterocycles. The Hall–Kier alpha value is -1.26. The topological polar surface area (TPSA) is 69.6 Å². The van der Waals surface area contributed by atoms with Gasteiger partial charge in [-0.25, -0.2) is 4.79 Å². The van der Waals surface area contributed by atoms with Crippen molar-refractivity contribution in [2.24, 2.45) is 0 Å². The maximum Gasteiger partial charge on any atom is 0.318 e. The number of carbonyl (C=O) groups is 2. The molecule has 2 N–H and O–H groups in total. The van der Waals surface area contributed by atoms with E-state index < -0.39 is 5.97 Å². The van der Waals surface area contributed by atoms with Gasteiger partial charge in [0.1, 0.15) is 0 Å². The summed E-state index contributed by atoms with van der Waals surface area (Å²) in [5, 5.41) is 11.7. The number of carbonyl (C=O) groups excluding carboxylic acids is 1. The minimum atomic E-state index is -0.887. The van der Waals surface area contributed by atoms with Gasteiger partial charge in [0.15, 0.2) is 0 Å². The Balaban J connectivity index is 4.62. The van der Waals surface area contributed by atoms with Crippen molar-refractivity contribution in [1.82, 2.24) is 10.2 Å². The first kappa shape index (κ1) is 16.7. The van der Waals surface area contributed by atoms with Crippen LogP contribution in [-0.2, 0) is 4.79 Å². The van der Waals surface area contributed by atoms with E-state index >= 15 is 0 Å². The van der Waals surface area contributed by atoms with Gasteiger partial charge < -0.3 is 15.3 Å². The SMILES string of the molecule is CCC(C)(CC)NC(=O)N(CCC(=O)O)C(C)C. The van der Waals surface area contributed by atoms with E-state index in [2.05, 4.69) is 5.32 Å². The van der Waals surface area contributed by atoms with E-state index in [1.807, 2.05) is 34.6 Å². The number of urea groups is 1. The van der Waals surface area contributed by atoms with Gasteiger partial charge in [0, 0.05) is 18.1 Å². The maximum atomic E-state index is 12.2. The number of hydrogen-bond donors (Lipinski definition) is 2. The molecule has 0 aromatic carbocycles. The second kappa shape index (κ2) is 7.24. The summed E-state index contributed by atoms with van der Waals surface area (Å²) in [4.78, 5) is 24.3. The van der Waals surface area contributed by atoms with Crippen molar-refractivity contribution in [3.05, 3.63) is 0 Å². The first-order valence-corrected chi connectivity index (χ1v) is 6.56. The van der Waals surface area contributed by atoms with Gasteiger partial charge in [-0.2, -0.15) is 0 Å². The summed E-state index contributed by atoms with van der Waals surface area (Å²) in [6.07, 6.45) is 1.67. The van der Waals surface area contributed by atoms with Gasteiger partial charge in [0.25, 0.3) is 0 Å². The Kier molecular flexibility index (Phi) is 6.73. The van der Waals surface area contributed by atoms with Gasteiger partial charge in [-0.3, -0.25) is 4.79 Å². The predicted molar refractivity (Wildman–Crippen MR) is 71.6 cm³/mol. The van der Waals surface area contributed by atoms with Crippen LogP contribution >= 0.6 is 0 Å². The Morgan fingerprint density at radius 1 is 1.28 bits per heavy atom. The van der Waals surface area contributed by atoms with E-state index in [4.69, 9.17) is 5.11 Å². The Morgan fingerprint density at radius 3 is 2.11 bits per heavy atom. The average molecular weight is 258 g/mol. The normalized spacial score (nSPS) is 11.4. The van der Waals surface area contributed by atoms with Crippen molar-refractivity contribution in [2.45, 2.75) is 65.5 Å². The summed E-state index contributed by atoms with van der Waals surface area (Å²) < 4.78 is 0. The molecule has 18 heavy (non-hydrogen) atoms. The van der Waals surface area contributed by atoms with Crippen LogP contribution in [0.1, 0.15) is 53.9 Å². The van der Waals surface area contributed by atoms with Gasteiger partial charge in [-0.15, -0.1) is 0 Å². The lowest BCUT2D eigenvalue weighted by atomic mass is 9.96. The van der Waals surface area contributed by atoms with Crippen LogP contribution in [0.15, 0.2) is 0 Å². The summed E-state index contributed by atoms with van der Waals surface area (Å²) in [5.41, 5.74) is -0.229. The van der Waals surface area contributed by atoms with Gasteiger partial charge >= 0.3 is 12.0 Å². The highest BCUT2D eigenvalue weighted by Gasteiger charge is 2.26. The summed E-state index contributed by atoms with van der Waals surface area (Å²) in [5.74, 6) is -0.887. The molecule has 5 heteroatoms. The highest BCUT2D eigenvalue weighted by atomic mass is 16.4. The molecule has 0 saturated heterocycles. The van der Waals surface area contributed by atoms with E-state index in [0.717, 1.165) is 12.8 Å². The summed E-state index contributed by atoms with van der Waals surface area (Å²) >= 11 is 0. The van der Waals surface area contributed by atoms with Crippen molar-refractivity contribution in [2.75, 3.05) is 6.54 Å². The van der Waals surface area contributed by atoms with Crippen molar-refractivity contribution >= 4 is 12.0 Å². The van der Waals surface area contributed by atoms with Gasteiger partial charge in [-0.05, 0) is 33.6 Å². The molecule has 106 valence electrons. The number of amides is 2. The zero-order chi connectivity index (χ0) is 14.3. The van der Waals surface area contributed by atoms with Crippen LogP contribution in [0.2, 0.25) is 0 Å². The molecule has 0 aliphatic heterocycles. The van der Waals surface area contributed by atoms with Gasteiger partial charge in [-0.1, -0.05) is 13.8 Å². The van der Waals surface area contributed by atoms with Crippen molar-refractivity contribution in [3.63, 3.8) is 0 Å². The molecule has 0 atom stereocenters. The average Bonchev–Trinajstić information content (AvgIpc) is 2.28. The molecular weight excluding hydrogens is 232 g/mol. The highest BCUT2D eigenvalue weighted by molar-refractivity contribution is 5.76. The highest BCUT2D eigenvalue weighted by Crippen LogP contribution is 2.14. The molecule has 0 aromatic rings. The van der Waals surface area contributed by atoms with E-state index in [1.165, 1.54) is 0 Å². The van der Waals surface area contributed by atoms with E-state index in [9.17, 15) is 9.59 Å². The third kappa shape index (κ3) is 5.38. The zero-order valence-electron chi connectivity index (χ0n) is 12.1. The van der Waals surface area contributed by atoms with Gasteiger partial charge in [0.05, 0.1) is 6.42 Å². The number of carboxylic acid groups (broad SMARTS) is 1. The molecule has 0 rings (SSSR count). The summed E-state index contributed by atoms with van der Waals surface area (Å²) in [6, 6.07) is -0.195.